The van der Waals surface area contributed by atoms with Gasteiger partial charge in [0.25, 0.3) is 0 Å². The molecule has 0 spiro atoms. The highest BCUT2D eigenvalue weighted by Gasteiger charge is 2.29. The molecule has 0 amide bonds. The van der Waals surface area contributed by atoms with Crippen molar-refractivity contribution in [3.05, 3.63) is 53.6 Å². The number of benzene rings is 2. The van der Waals surface area contributed by atoms with Gasteiger partial charge >= 0.3 is 0 Å². The minimum absolute atomic E-state index is 0.0534. The molecule has 0 saturated heterocycles. The first-order chi connectivity index (χ1) is 10.4. The summed E-state index contributed by atoms with van der Waals surface area (Å²) in [6, 6.07) is 14.6. The average molecular weight is 315 g/mol. The quantitative estimate of drug-likeness (QED) is 0.827. The van der Waals surface area contributed by atoms with Crippen LogP contribution in [0.1, 0.15) is 31.4 Å². The number of nitrogens with zero attached hydrogens (tertiary/aromatic N) is 1. The fraction of sp³-hybridized carbons (Fsp3) is 0.368. The van der Waals surface area contributed by atoms with Crippen LogP contribution in [-0.2, 0) is 5.16 Å². The molecule has 2 rings (SSSR count). The average Bonchev–Trinajstić information content (AvgIpc) is 2.50. The van der Waals surface area contributed by atoms with Crippen LogP contribution < -0.4 is 10.2 Å². The molecule has 0 saturated carbocycles. The number of anilines is 1. The molecule has 1 N–H and O–H groups in total. The zero-order valence-corrected chi connectivity index (χ0v) is 15.1. The van der Waals surface area contributed by atoms with Gasteiger partial charge in [0, 0.05) is 30.5 Å². The number of rotatable bonds is 5. The monoisotopic (exact) mass is 315 g/mol. The lowest BCUT2D eigenvalue weighted by Crippen LogP contribution is -2.22. The van der Waals surface area contributed by atoms with Gasteiger partial charge < -0.3 is 10.0 Å². The van der Waals surface area contributed by atoms with E-state index in [9.17, 15) is 5.11 Å². The smallest absolute Gasteiger partial charge is 0.122 e. The highest BCUT2D eigenvalue weighted by atomic mass is 31.1. The van der Waals surface area contributed by atoms with Gasteiger partial charge in [0.2, 0.25) is 0 Å². The van der Waals surface area contributed by atoms with Crippen LogP contribution in [0.25, 0.3) is 0 Å². The molecule has 0 radical (unpaired) electrons. The van der Waals surface area contributed by atoms with Crippen molar-refractivity contribution in [2.75, 3.05) is 19.0 Å². The van der Waals surface area contributed by atoms with Gasteiger partial charge in [0.1, 0.15) is 5.75 Å². The first-order valence-electron chi connectivity index (χ1n) is 7.72. The zero-order chi connectivity index (χ0) is 16.3. The Morgan fingerprint density at radius 2 is 1.77 bits per heavy atom. The topological polar surface area (TPSA) is 23.5 Å². The van der Waals surface area contributed by atoms with Crippen molar-refractivity contribution >= 4 is 19.6 Å². The molecule has 22 heavy (non-hydrogen) atoms. The van der Waals surface area contributed by atoms with Crippen molar-refractivity contribution in [1.82, 2.24) is 0 Å². The molecule has 0 aliphatic rings. The summed E-state index contributed by atoms with van der Waals surface area (Å²) in [7, 11) is 4.77. The first-order valence-corrected chi connectivity index (χ1v) is 8.72. The summed E-state index contributed by atoms with van der Waals surface area (Å²) in [6.45, 7) is 6.42. The van der Waals surface area contributed by atoms with Gasteiger partial charge in [0.05, 0.1) is 0 Å². The predicted molar refractivity (Wildman–Crippen MR) is 99.2 cm³/mol. The van der Waals surface area contributed by atoms with E-state index >= 15 is 0 Å². The Morgan fingerprint density at radius 3 is 2.41 bits per heavy atom. The van der Waals surface area contributed by atoms with E-state index in [2.05, 4.69) is 63.2 Å². The van der Waals surface area contributed by atoms with Crippen LogP contribution in [0.4, 0.5) is 5.69 Å². The summed E-state index contributed by atoms with van der Waals surface area (Å²) in [4.78, 5) is 2.16. The van der Waals surface area contributed by atoms with Crippen molar-refractivity contribution in [1.29, 1.82) is 0 Å². The molecule has 0 bridgehead atoms. The van der Waals surface area contributed by atoms with Crippen LogP contribution in [0.2, 0.25) is 0 Å². The molecule has 3 heteroatoms. The standard InChI is InChI=1S/C19H26NOP/c1-6-19(3,15-11-9-10-14(2)18(15)21)22-17-13-8-7-12-16(17)20(4)5/h7-13,21-22H,6H2,1-5H3. The molecule has 0 aromatic heterocycles. The second kappa shape index (κ2) is 6.71. The minimum Gasteiger partial charge on any atom is -0.507 e. The first kappa shape index (κ1) is 16.8. The van der Waals surface area contributed by atoms with E-state index in [1.165, 1.54) is 11.0 Å². The van der Waals surface area contributed by atoms with Gasteiger partial charge in [-0.05, 0) is 30.3 Å². The number of aromatic hydroxyl groups is 1. The Labute approximate surface area is 136 Å². The molecule has 0 aliphatic carbocycles. The van der Waals surface area contributed by atoms with Gasteiger partial charge in [-0.3, -0.25) is 0 Å². The summed E-state index contributed by atoms with van der Waals surface area (Å²) < 4.78 is 0. The lowest BCUT2D eigenvalue weighted by molar-refractivity contribution is 0.452. The fourth-order valence-electron chi connectivity index (χ4n) is 2.72. The SMILES string of the molecule is CCC(C)(Pc1ccccc1N(C)C)c1cccc(C)c1O. The van der Waals surface area contributed by atoms with Crippen molar-refractivity contribution in [3.63, 3.8) is 0 Å². The lowest BCUT2D eigenvalue weighted by atomic mass is 9.94. The van der Waals surface area contributed by atoms with Gasteiger partial charge in [0.15, 0.2) is 0 Å². The van der Waals surface area contributed by atoms with E-state index in [4.69, 9.17) is 0 Å². The highest BCUT2D eigenvalue weighted by molar-refractivity contribution is 7.49. The van der Waals surface area contributed by atoms with E-state index in [0.29, 0.717) is 14.3 Å². The minimum atomic E-state index is -0.0534. The number of phenols is 1. The van der Waals surface area contributed by atoms with Crippen molar-refractivity contribution in [3.8, 4) is 5.75 Å². The second-order valence-electron chi connectivity index (χ2n) is 6.19. The van der Waals surface area contributed by atoms with Crippen molar-refractivity contribution < 1.29 is 5.11 Å². The zero-order valence-electron chi connectivity index (χ0n) is 14.1. The normalized spacial score (nSPS) is 14.2. The van der Waals surface area contributed by atoms with Crippen LogP contribution in [0, 0.1) is 6.92 Å². The summed E-state index contributed by atoms with van der Waals surface area (Å²) >= 11 is 0. The maximum absolute atomic E-state index is 10.5. The van der Waals surface area contributed by atoms with E-state index in [1.54, 1.807) is 0 Å². The van der Waals surface area contributed by atoms with E-state index in [0.717, 1.165) is 17.5 Å². The maximum Gasteiger partial charge on any atom is 0.122 e. The molecule has 118 valence electrons. The van der Waals surface area contributed by atoms with Gasteiger partial charge in [-0.15, -0.1) is 0 Å². The Hall–Kier alpha value is -1.53. The van der Waals surface area contributed by atoms with Crippen LogP contribution >= 0.6 is 8.58 Å². The Bertz CT molecular complexity index is 654. The summed E-state index contributed by atoms with van der Waals surface area (Å²) in [5.41, 5.74) is 3.26. The fourth-order valence-corrected chi connectivity index (χ4v) is 4.44. The van der Waals surface area contributed by atoms with Crippen LogP contribution in [0.15, 0.2) is 42.5 Å². The molecular formula is C19H26NOP. The largest absolute Gasteiger partial charge is 0.507 e. The summed E-state index contributed by atoms with van der Waals surface area (Å²) in [6.07, 6.45) is 0.990. The highest BCUT2D eigenvalue weighted by Crippen LogP contribution is 2.48. The van der Waals surface area contributed by atoms with Gasteiger partial charge in [-0.1, -0.05) is 58.8 Å². The Kier molecular flexibility index (Phi) is 5.13. The number of aryl methyl sites for hydroxylation is 1. The third-order valence-electron chi connectivity index (χ3n) is 4.34. The van der Waals surface area contributed by atoms with Crippen LogP contribution in [-0.4, -0.2) is 19.2 Å². The van der Waals surface area contributed by atoms with Crippen molar-refractivity contribution in [2.24, 2.45) is 0 Å². The maximum atomic E-state index is 10.5. The second-order valence-corrected chi connectivity index (χ2v) is 8.09. The summed E-state index contributed by atoms with van der Waals surface area (Å²) in [5.74, 6) is 0.446. The predicted octanol–water partition coefficient (Wildman–Crippen LogP) is 4.40. The van der Waals surface area contributed by atoms with E-state index in [-0.39, 0.29) is 5.16 Å². The van der Waals surface area contributed by atoms with E-state index in [1.807, 2.05) is 19.1 Å². The van der Waals surface area contributed by atoms with Gasteiger partial charge in [-0.25, -0.2) is 0 Å². The Balaban J connectivity index is 2.46. The molecule has 2 aromatic rings. The Morgan fingerprint density at radius 1 is 1.09 bits per heavy atom. The number of hydrogen-bond acceptors (Lipinski definition) is 2. The molecule has 2 aromatic carbocycles. The third-order valence-corrected chi connectivity index (χ3v) is 6.20. The lowest BCUT2D eigenvalue weighted by Gasteiger charge is -2.32. The molecule has 2 nitrogen and oxygen atoms in total. The molecule has 2 unspecified atom stereocenters. The number of para-hydroxylation sites is 2. The molecule has 0 heterocycles. The third kappa shape index (κ3) is 3.28. The molecular weight excluding hydrogens is 289 g/mol. The number of phenolic OH excluding ortho intramolecular Hbond substituents is 1. The molecule has 0 aliphatic heterocycles. The van der Waals surface area contributed by atoms with E-state index < -0.39 is 0 Å². The van der Waals surface area contributed by atoms with Gasteiger partial charge in [-0.2, -0.15) is 0 Å². The van der Waals surface area contributed by atoms with Crippen LogP contribution in [0.3, 0.4) is 0 Å². The molecule has 2 atom stereocenters. The molecule has 0 fully saturated rings. The van der Waals surface area contributed by atoms with Crippen molar-refractivity contribution in [2.45, 2.75) is 32.3 Å². The number of hydrogen-bond donors (Lipinski definition) is 1. The van der Waals surface area contributed by atoms with Crippen LogP contribution in [0.5, 0.6) is 5.75 Å². The summed E-state index contributed by atoms with van der Waals surface area (Å²) in [5, 5.41) is 11.8.